The second-order valence-electron chi connectivity index (χ2n) is 4.55. The highest BCUT2D eigenvalue weighted by Gasteiger charge is 2.18. The summed E-state index contributed by atoms with van der Waals surface area (Å²) in [5, 5.41) is 1.14. The van der Waals surface area contributed by atoms with Crippen molar-refractivity contribution < 1.29 is 4.74 Å². The predicted molar refractivity (Wildman–Crippen MR) is 72.6 cm³/mol. The molecule has 1 fully saturated rings. The fourth-order valence-electron chi connectivity index (χ4n) is 2.19. The van der Waals surface area contributed by atoms with Crippen LogP contribution in [-0.2, 0) is 6.54 Å². The van der Waals surface area contributed by atoms with Gasteiger partial charge in [0.15, 0.2) is 0 Å². The number of aromatic nitrogens is 1. The number of halogens is 1. The average molecular weight is 299 g/mol. The highest BCUT2D eigenvalue weighted by atomic mass is 79.9. The minimum absolute atomic E-state index is 0.706. The van der Waals surface area contributed by atoms with Crippen molar-refractivity contribution >= 4 is 15.9 Å². The number of piperidine rings is 1. The molecule has 0 aliphatic carbocycles. The van der Waals surface area contributed by atoms with Gasteiger partial charge in [-0.3, -0.25) is 4.90 Å². The van der Waals surface area contributed by atoms with Gasteiger partial charge in [0.25, 0.3) is 0 Å². The first-order chi connectivity index (χ1) is 8.31. The summed E-state index contributed by atoms with van der Waals surface area (Å²) in [6.07, 6.45) is 2.57. The number of alkyl halides is 1. The van der Waals surface area contributed by atoms with Gasteiger partial charge >= 0.3 is 0 Å². The van der Waals surface area contributed by atoms with Crippen LogP contribution in [0.4, 0.5) is 0 Å². The van der Waals surface area contributed by atoms with Crippen LogP contribution in [0.15, 0.2) is 18.2 Å². The summed E-state index contributed by atoms with van der Waals surface area (Å²) in [7, 11) is 1.66. The van der Waals surface area contributed by atoms with Crippen LogP contribution < -0.4 is 4.74 Å². The van der Waals surface area contributed by atoms with Crippen LogP contribution in [0.2, 0.25) is 0 Å². The van der Waals surface area contributed by atoms with Crippen LogP contribution >= 0.6 is 15.9 Å². The van der Waals surface area contributed by atoms with Crippen LogP contribution in [0.3, 0.4) is 0 Å². The molecule has 0 N–H and O–H groups in total. The van der Waals surface area contributed by atoms with Crippen molar-refractivity contribution in [3.05, 3.63) is 23.9 Å². The van der Waals surface area contributed by atoms with Crippen molar-refractivity contribution in [2.45, 2.75) is 19.4 Å². The molecule has 1 aliphatic heterocycles. The Morgan fingerprint density at radius 3 is 2.82 bits per heavy atom. The molecular formula is C13H19BrN2O. The molecule has 4 heteroatoms. The van der Waals surface area contributed by atoms with Gasteiger partial charge in [0.2, 0.25) is 5.88 Å². The van der Waals surface area contributed by atoms with Gasteiger partial charge in [-0.25, -0.2) is 4.98 Å². The fraction of sp³-hybridized carbons (Fsp3) is 0.615. The molecule has 1 aliphatic rings. The average Bonchev–Trinajstić information content (AvgIpc) is 2.40. The Balaban J connectivity index is 1.88. The summed E-state index contributed by atoms with van der Waals surface area (Å²) in [6.45, 7) is 3.29. The maximum atomic E-state index is 5.14. The van der Waals surface area contributed by atoms with Crippen molar-refractivity contribution in [2.24, 2.45) is 5.92 Å². The van der Waals surface area contributed by atoms with Crippen molar-refractivity contribution in [2.75, 3.05) is 25.5 Å². The van der Waals surface area contributed by atoms with Crippen LogP contribution in [0.1, 0.15) is 18.5 Å². The molecule has 0 aromatic carbocycles. The summed E-state index contributed by atoms with van der Waals surface area (Å²) in [4.78, 5) is 6.92. The third-order valence-electron chi connectivity index (χ3n) is 3.30. The van der Waals surface area contributed by atoms with E-state index in [1.807, 2.05) is 12.1 Å². The molecule has 0 spiro atoms. The van der Waals surface area contributed by atoms with E-state index in [0.29, 0.717) is 5.88 Å². The summed E-state index contributed by atoms with van der Waals surface area (Å²) in [6, 6.07) is 5.96. The molecule has 1 aromatic rings. The van der Waals surface area contributed by atoms with E-state index in [2.05, 4.69) is 31.9 Å². The summed E-state index contributed by atoms with van der Waals surface area (Å²) >= 11 is 3.57. The highest BCUT2D eigenvalue weighted by molar-refractivity contribution is 9.09. The lowest BCUT2D eigenvalue weighted by molar-refractivity contribution is 0.185. The summed E-state index contributed by atoms with van der Waals surface area (Å²) in [5.41, 5.74) is 1.10. The molecule has 2 heterocycles. The molecule has 1 aromatic heterocycles. The van der Waals surface area contributed by atoms with Crippen molar-refractivity contribution in [3.8, 4) is 5.88 Å². The van der Waals surface area contributed by atoms with Gasteiger partial charge in [-0.05, 0) is 37.9 Å². The molecule has 3 nitrogen and oxygen atoms in total. The van der Waals surface area contributed by atoms with Crippen molar-refractivity contribution in [3.63, 3.8) is 0 Å². The van der Waals surface area contributed by atoms with E-state index in [4.69, 9.17) is 4.74 Å². The molecule has 2 rings (SSSR count). The van der Waals surface area contributed by atoms with E-state index < -0.39 is 0 Å². The number of methoxy groups -OCH3 is 1. The Bertz CT molecular complexity index is 351. The molecule has 1 saturated heterocycles. The first-order valence-corrected chi connectivity index (χ1v) is 7.22. The number of hydrogen-bond acceptors (Lipinski definition) is 3. The smallest absolute Gasteiger partial charge is 0.213 e. The van der Waals surface area contributed by atoms with E-state index in [1.165, 1.54) is 25.9 Å². The maximum absolute atomic E-state index is 5.14. The lowest BCUT2D eigenvalue weighted by Crippen LogP contribution is -2.33. The quantitative estimate of drug-likeness (QED) is 0.799. The van der Waals surface area contributed by atoms with Crippen molar-refractivity contribution in [1.82, 2.24) is 9.88 Å². The van der Waals surface area contributed by atoms with Gasteiger partial charge in [0, 0.05) is 17.9 Å². The fourth-order valence-corrected chi connectivity index (χ4v) is 2.83. The maximum Gasteiger partial charge on any atom is 0.213 e. The lowest BCUT2D eigenvalue weighted by Gasteiger charge is -2.30. The Hall–Kier alpha value is -0.610. The van der Waals surface area contributed by atoms with E-state index >= 15 is 0 Å². The Morgan fingerprint density at radius 1 is 1.41 bits per heavy atom. The van der Waals surface area contributed by atoms with Gasteiger partial charge in [0.05, 0.1) is 12.8 Å². The zero-order chi connectivity index (χ0) is 12.1. The molecule has 0 atom stereocenters. The zero-order valence-corrected chi connectivity index (χ0v) is 11.8. The van der Waals surface area contributed by atoms with E-state index in [0.717, 1.165) is 23.5 Å². The second kappa shape index (κ2) is 6.36. The van der Waals surface area contributed by atoms with E-state index in [1.54, 1.807) is 7.11 Å². The van der Waals surface area contributed by atoms with E-state index in [-0.39, 0.29) is 0 Å². The van der Waals surface area contributed by atoms with Gasteiger partial charge in [-0.1, -0.05) is 22.0 Å². The number of rotatable bonds is 4. The van der Waals surface area contributed by atoms with Crippen LogP contribution in [-0.4, -0.2) is 35.4 Å². The minimum atomic E-state index is 0.706. The topological polar surface area (TPSA) is 25.4 Å². The number of pyridine rings is 1. The predicted octanol–water partition coefficient (Wildman–Crippen LogP) is 2.70. The standard InChI is InChI=1S/C13H19BrN2O/c1-17-13-4-2-3-12(15-13)10-16-7-5-11(9-14)6-8-16/h2-4,11H,5-10H2,1H3. The van der Waals surface area contributed by atoms with Crippen LogP contribution in [0.5, 0.6) is 5.88 Å². The van der Waals surface area contributed by atoms with Gasteiger partial charge in [-0.15, -0.1) is 0 Å². The van der Waals surface area contributed by atoms with Crippen LogP contribution in [0.25, 0.3) is 0 Å². The normalized spacial score (nSPS) is 18.2. The minimum Gasteiger partial charge on any atom is -0.481 e. The zero-order valence-electron chi connectivity index (χ0n) is 10.2. The second-order valence-corrected chi connectivity index (χ2v) is 5.19. The number of likely N-dealkylation sites (tertiary alicyclic amines) is 1. The molecule has 0 amide bonds. The number of ether oxygens (including phenoxy) is 1. The molecule has 94 valence electrons. The SMILES string of the molecule is COc1cccc(CN2CCC(CBr)CC2)n1. The monoisotopic (exact) mass is 298 g/mol. The molecule has 17 heavy (non-hydrogen) atoms. The Labute approximate surface area is 111 Å². The molecular weight excluding hydrogens is 280 g/mol. The third-order valence-corrected chi connectivity index (χ3v) is 4.22. The molecule has 0 saturated carbocycles. The van der Waals surface area contributed by atoms with Crippen LogP contribution in [0, 0.1) is 5.92 Å². The molecule has 0 bridgehead atoms. The summed E-state index contributed by atoms with van der Waals surface area (Å²) in [5.74, 6) is 1.56. The van der Waals surface area contributed by atoms with Gasteiger partial charge in [0.1, 0.15) is 0 Å². The van der Waals surface area contributed by atoms with E-state index in [9.17, 15) is 0 Å². The number of nitrogens with zero attached hydrogens (tertiary/aromatic N) is 2. The molecule has 0 radical (unpaired) electrons. The molecule has 0 unspecified atom stereocenters. The largest absolute Gasteiger partial charge is 0.481 e. The first kappa shape index (κ1) is 12.8. The van der Waals surface area contributed by atoms with Gasteiger partial charge in [-0.2, -0.15) is 0 Å². The lowest BCUT2D eigenvalue weighted by atomic mass is 9.99. The highest BCUT2D eigenvalue weighted by Crippen LogP contribution is 2.20. The Morgan fingerprint density at radius 2 is 2.18 bits per heavy atom. The number of hydrogen-bond donors (Lipinski definition) is 0. The summed E-state index contributed by atoms with van der Waals surface area (Å²) < 4.78 is 5.14. The first-order valence-electron chi connectivity index (χ1n) is 6.10. The van der Waals surface area contributed by atoms with Crippen molar-refractivity contribution in [1.29, 1.82) is 0 Å². The van der Waals surface area contributed by atoms with Gasteiger partial charge < -0.3 is 4.74 Å². The Kier molecular flexibility index (Phi) is 4.80. The third kappa shape index (κ3) is 3.68.